The van der Waals surface area contributed by atoms with E-state index in [2.05, 4.69) is 20.3 Å². The minimum Gasteiger partial charge on any atom is -0.478 e. The number of anilines is 2. The number of carbonyl (C=O) groups is 1. The van der Waals surface area contributed by atoms with Gasteiger partial charge < -0.3 is 19.7 Å². The first kappa shape index (κ1) is 22.7. The number of benzene rings is 1. The van der Waals surface area contributed by atoms with Gasteiger partial charge in [0.1, 0.15) is 11.9 Å². The molecule has 1 atom stereocenters. The van der Waals surface area contributed by atoms with E-state index in [1.54, 1.807) is 29.6 Å². The quantitative estimate of drug-likeness (QED) is 0.611. The van der Waals surface area contributed by atoms with Gasteiger partial charge in [-0.2, -0.15) is 0 Å². The van der Waals surface area contributed by atoms with Gasteiger partial charge in [0.25, 0.3) is 5.91 Å². The molecule has 4 rings (SSSR count). The van der Waals surface area contributed by atoms with E-state index < -0.39 is 5.60 Å². The molecule has 0 bridgehead atoms. The summed E-state index contributed by atoms with van der Waals surface area (Å²) in [4.78, 5) is 28.0. The van der Waals surface area contributed by atoms with Gasteiger partial charge >= 0.3 is 0 Å². The molecular weight excluding hydrogens is 418 g/mol. The zero-order valence-corrected chi connectivity index (χ0v) is 19.4. The summed E-state index contributed by atoms with van der Waals surface area (Å²) in [6.45, 7) is 9.03. The molecule has 1 amide bonds. The molecule has 1 aliphatic rings. The Hall–Kier alpha value is -3.52. The van der Waals surface area contributed by atoms with Crippen LogP contribution >= 0.6 is 0 Å². The van der Waals surface area contributed by atoms with Crippen LogP contribution in [0, 0.1) is 13.8 Å². The zero-order chi connectivity index (χ0) is 23.4. The number of nitrogens with one attached hydrogen (secondary N) is 1. The van der Waals surface area contributed by atoms with Crippen LogP contribution in [0.4, 0.5) is 11.6 Å². The van der Waals surface area contributed by atoms with E-state index in [9.17, 15) is 4.79 Å². The highest BCUT2D eigenvalue weighted by molar-refractivity contribution is 5.85. The normalized spacial score (nSPS) is 16.4. The summed E-state index contributed by atoms with van der Waals surface area (Å²) in [5, 5.41) is 3.11. The average molecular weight is 448 g/mol. The van der Waals surface area contributed by atoms with Gasteiger partial charge in [-0.25, -0.2) is 9.97 Å². The van der Waals surface area contributed by atoms with Crippen molar-refractivity contribution in [3.8, 4) is 5.75 Å². The maximum Gasteiger partial charge on any atom is 0.266 e. The van der Waals surface area contributed by atoms with E-state index in [0.29, 0.717) is 25.6 Å². The number of pyridine rings is 1. The minimum absolute atomic E-state index is 0.0729. The van der Waals surface area contributed by atoms with Crippen LogP contribution in [0.3, 0.4) is 0 Å². The Labute approximate surface area is 194 Å². The highest BCUT2D eigenvalue weighted by atomic mass is 16.5. The predicted octanol–water partition coefficient (Wildman–Crippen LogP) is 3.99. The molecule has 33 heavy (non-hydrogen) atoms. The van der Waals surface area contributed by atoms with Gasteiger partial charge in [0.2, 0.25) is 5.95 Å². The second-order valence-electron chi connectivity index (χ2n) is 8.59. The maximum atomic E-state index is 13.4. The minimum atomic E-state index is -1.00. The lowest BCUT2D eigenvalue weighted by Crippen LogP contribution is -2.53. The van der Waals surface area contributed by atoms with Crippen LogP contribution in [0.2, 0.25) is 0 Å². The Balaban J connectivity index is 1.42. The molecule has 2 aromatic heterocycles. The summed E-state index contributed by atoms with van der Waals surface area (Å²) in [7, 11) is 0. The van der Waals surface area contributed by atoms with Gasteiger partial charge in [-0.1, -0.05) is 12.1 Å². The molecule has 0 spiro atoms. The summed E-state index contributed by atoms with van der Waals surface area (Å²) in [6, 6.07) is 11.4. The summed E-state index contributed by atoms with van der Waals surface area (Å²) in [5.41, 5.74) is 2.70. The Morgan fingerprint density at radius 2 is 1.91 bits per heavy atom. The standard InChI is InChI=1S/C25H29N5O3/c1-17-7-5-8-21(18(17)2)33-25(3,4)23(31)30-13-14-32-22(16-30)20-10-9-19(15-28-20)29-24-26-11-6-12-27-24/h5-12,15,22H,13-14,16H2,1-4H3,(H,26,27,29)/t22-/m0/s1. The highest BCUT2D eigenvalue weighted by Gasteiger charge is 2.37. The van der Waals surface area contributed by atoms with Crippen molar-refractivity contribution in [3.63, 3.8) is 0 Å². The van der Waals surface area contributed by atoms with Crippen molar-refractivity contribution in [3.05, 3.63) is 71.8 Å². The smallest absolute Gasteiger partial charge is 0.266 e. The van der Waals surface area contributed by atoms with E-state index in [0.717, 1.165) is 28.3 Å². The lowest BCUT2D eigenvalue weighted by atomic mass is 10.0. The molecule has 3 heterocycles. The second kappa shape index (κ2) is 9.54. The van der Waals surface area contributed by atoms with E-state index >= 15 is 0 Å². The van der Waals surface area contributed by atoms with E-state index in [-0.39, 0.29) is 12.0 Å². The van der Waals surface area contributed by atoms with Crippen molar-refractivity contribution in [2.45, 2.75) is 39.4 Å². The van der Waals surface area contributed by atoms with Gasteiger partial charge in [-0.15, -0.1) is 0 Å². The van der Waals surface area contributed by atoms with Gasteiger partial charge in [-0.05, 0) is 63.1 Å². The van der Waals surface area contributed by atoms with Crippen molar-refractivity contribution >= 4 is 17.5 Å². The number of nitrogens with zero attached hydrogens (tertiary/aromatic N) is 4. The van der Waals surface area contributed by atoms with Crippen molar-refractivity contribution in [1.82, 2.24) is 19.9 Å². The molecule has 1 saturated heterocycles. The van der Waals surface area contributed by atoms with Gasteiger partial charge in [-0.3, -0.25) is 9.78 Å². The molecule has 0 radical (unpaired) electrons. The molecule has 8 heteroatoms. The number of carbonyl (C=O) groups excluding carboxylic acids is 1. The number of amides is 1. The van der Waals surface area contributed by atoms with Crippen molar-refractivity contribution in [2.75, 3.05) is 25.0 Å². The second-order valence-corrected chi connectivity index (χ2v) is 8.59. The molecule has 0 aliphatic carbocycles. The van der Waals surface area contributed by atoms with E-state index in [1.165, 1.54) is 0 Å². The fraction of sp³-hybridized carbons (Fsp3) is 0.360. The van der Waals surface area contributed by atoms with Crippen LogP contribution in [-0.2, 0) is 9.53 Å². The number of hydrogen-bond donors (Lipinski definition) is 1. The lowest BCUT2D eigenvalue weighted by Gasteiger charge is -2.37. The molecule has 0 saturated carbocycles. The molecular formula is C25H29N5O3. The topological polar surface area (TPSA) is 89.5 Å². The maximum absolute atomic E-state index is 13.4. The number of hydrogen-bond acceptors (Lipinski definition) is 7. The van der Waals surface area contributed by atoms with Crippen molar-refractivity contribution < 1.29 is 14.3 Å². The Morgan fingerprint density at radius 1 is 1.12 bits per heavy atom. The third kappa shape index (κ3) is 5.28. The fourth-order valence-electron chi connectivity index (χ4n) is 3.71. The first-order chi connectivity index (χ1) is 15.8. The summed E-state index contributed by atoms with van der Waals surface area (Å²) in [5.74, 6) is 1.16. The van der Waals surface area contributed by atoms with Crippen LogP contribution in [0.25, 0.3) is 0 Å². The van der Waals surface area contributed by atoms with Crippen molar-refractivity contribution in [1.29, 1.82) is 0 Å². The van der Waals surface area contributed by atoms with Gasteiger partial charge in [0, 0.05) is 18.9 Å². The largest absolute Gasteiger partial charge is 0.478 e. The third-order valence-electron chi connectivity index (χ3n) is 5.73. The number of aryl methyl sites for hydroxylation is 1. The van der Waals surface area contributed by atoms with Crippen LogP contribution in [0.1, 0.15) is 36.8 Å². The summed E-state index contributed by atoms with van der Waals surface area (Å²) >= 11 is 0. The summed E-state index contributed by atoms with van der Waals surface area (Å²) in [6.07, 6.45) is 4.75. The Morgan fingerprint density at radius 3 is 2.64 bits per heavy atom. The predicted molar refractivity (Wildman–Crippen MR) is 125 cm³/mol. The number of aromatic nitrogens is 3. The van der Waals surface area contributed by atoms with Crippen LogP contribution in [0.5, 0.6) is 5.75 Å². The molecule has 1 N–H and O–H groups in total. The molecule has 0 unspecified atom stereocenters. The van der Waals surface area contributed by atoms with Gasteiger partial charge in [0.15, 0.2) is 5.60 Å². The number of ether oxygens (including phenoxy) is 2. The van der Waals surface area contributed by atoms with Gasteiger partial charge in [0.05, 0.1) is 30.7 Å². The Kier molecular flexibility index (Phi) is 6.55. The molecule has 172 valence electrons. The number of rotatable bonds is 6. The molecule has 1 fully saturated rings. The number of morpholine rings is 1. The molecule has 3 aromatic rings. The first-order valence-corrected chi connectivity index (χ1v) is 11.0. The van der Waals surface area contributed by atoms with Crippen molar-refractivity contribution in [2.24, 2.45) is 0 Å². The molecule has 1 aliphatic heterocycles. The molecule has 1 aromatic carbocycles. The lowest BCUT2D eigenvalue weighted by molar-refractivity contribution is -0.153. The van der Waals surface area contributed by atoms with Crippen LogP contribution in [0.15, 0.2) is 55.0 Å². The summed E-state index contributed by atoms with van der Waals surface area (Å²) < 4.78 is 12.1. The molecule has 8 nitrogen and oxygen atoms in total. The first-order valence-electron chi connectivity index (χ1n) is 11.0. The fourth-order valence-corrected chi connectivity index (χ4v) is 3.71. The SMILES string of the molecule is Cc1cccc(OC(C)(C)C(=O)N2CCO[C@H](c3ccc(Nc4ncccn4)cn3)C2)c1C. The third-order valence-corrected chi connectivity index (χ3v) is 5.73. The Bertz CT molecular complexity index is 1100. The monoisotopic (exact) mass is 447 g/mol. The van der Waals surface area contributed by atoms with Crippen LogP contribution < -0.4 is 10.1 Å². The highest BCUT2D eigenvalue weighted by Crippen LogP contribution is 2.28. The van der Waals surface area contributed by atoms with E-state index in [4.69, 9.17) is 9.47 Å². The van der Waals surface area contributed by atoms with E-state index in [1.807, 2.05) is 58.0 Å². The zero-order valence-electron chi connectivity index (χ0n) is 19.4. The van der Waals surface area contributed by atoms with Crippen LogP contribution in [-0.4, -0.2) is 51.1 Å². The average Bonchev–Trinajstić information content (AvgIpc) is 2.83.